The van der Waals surface area contributed by atoms with Gasteiger partial charge in [0, 0.05) is 67.2 Å². The molecule has 4 amide bonds. The number of H-pyrrole nitrogens is 1. The molecule has 0 spiro atoms. The number of ether oxygens (including phenoxy) is 1. The minimum atomic E-state index is -1.01. The molecule has 1 aliphatic carbocycles. The number of benzene rings is 2. The number of nitrogens with one attached hydrogen (secondary N) is 3. The number of anilines is 2. The summed E-state index contributed by atoms with van der Waals surface area (Å²) in [6, 6.07) is 10.4. The summed E-state index contributed by atoms with van der Waals surface area (Å²) >= 11 is 0. The highest BCUT2D eigenvalue weighted by Gasteiger charge is 2.45. The van der Waals surface area contributed by atoms with Gasteiger partial charge >= 0.3 is 0 Å². The number of aromatic nitrogens is 8. The van der Waals surface area contributed by atoms with E-state index in [-0.39, 0.29) is 36.4 Å². The molecule has 0 bridgehead atoms. The van der Waals surface area contributed by atoms with Gasteiger partial charge in [-0.25, -0.2) is 19.6 Å². The van der Waals surface area contributed by atoms with Crippen molar-refractivity contribution in [2.24, 2.45) is 0 Å². The number of amides is 4. The number of imide groups is 2. The standard InChI is InChI=1S/C49H51N11O7/c1-5-59-39(22-35(56-59)29-14-15-29)52-46-43-34-20-26(2)33(41-27(3)57-67-28(41)4)21-36(34)51-45(43)54-44(55-46)38(61)13-6-7-18-58-23-31(50-25-58)24-66-19-9-11-30-10-8-12-32-42(30)49(65)60(48(32)64)37-16-17-40(62)53-47(37)63/h8,10,12,20-23,25,29,37H,5-7,9,11,13-19,24H2,1-4H3,(H,53,62,63)(H2,51,52,54,55). The fraction of sp³-hybridized carbons (Fsp3) is 0.388. The van der Waals surface area contributed by atoms with Crippen molar-refractivity contribution < 1.29 is 33.2 Å². The van der Waals surface area contributed by atoms with Gasteiger partial charge in [-0.3, -0.25) is 34.2 Å². The summed E-state index contributed by atoms with van der Waals surface area (Å²) in [4.78, 5) is 83.3. The second-order valence-corrected chi connectivity index (χ2v) is 17.8. The number of aryl methyl sites for hydroxylation is 6. The predicted molar refractivity (Wildman–Crippen MR) is 246 cm³/mol. The molecular weight excluding hydrogens is 855 g/mol. The maximum atomic E-state index is 13.8. The molecule has 1 saturated heterocycles. The molecule has 18 nitrogen and oxygen atoms in total. The Morgan fingerprint density at radius 1 is 0.970 bits per heavy atom. The van der Waals surface area contributed by atoms with Crippen LogP contribution in [0.4, 0.5) is 11.6 Å². The highest BCUT2D eigenvalue weighted by atomic mass is 16.5. The van der Waals surface area contributed by atoms with Crippen LogP contribution in [0.25, 0.3) is 33.1 Å². The smallest absolute Gasteiger partial charge is 0.262 e. The second-order valence-electron chi connectivity index (χ2n) is 17.8. The fourth-order valence-corrected chi connectivity index (χ4v) is 9.41. The number of unbranched alkanes of at least 4 members (excludes halogenated alkanes) is 1. The molecule has 2 fully saturated rings. The van der Waals surface area contributed by atoms with Crippen LogP contribution < -0.4 is 10.6 Å². The fourth-order valence-electron chi connectivity index (χ4n) is 9.41. The first-order valence-corrected chi connectivity index (χ1v) is 23.0. The minimum absolute atomic E-state index is 0.0664. The first-order chi connectivity index (χ1) is 32.4. The van der Waals surface area contributed by atoms with Crippen LogP contribution in [0.1, 0.15) is 130 Å². The van der Waals surface area contributed by atoms with Crippen LogP contribution >= 0.6 is 0 Å². The van der Waals surface area contributed by atoms with E-state index in [1.54, 1.807) is 18.5 Å². The zero-order valence-electron chi connectivity index (χ0n) is 37.9. The molecule has 1 saturated carbocycles. The van der Waals surface area contributed by atoms with E-state index < -0.39 is 29.7 Å². The van der Waals surface area contributed by atoms with Crippen LogP contribution in [-0.4, -0.2) is 86.4 Å². The van der Waals surface area contributed by atoms with Gasteiger partial charge in [-0.2, -0.15) is 5.10 Å². The van der Waals surface area contributed by atoms with Crippen LogP contribution in [0.2, 0.25) is 0 Å². The SMILES string of the molecule is CCn1nc(C2CC2)cc1Nc1nc(C(=O)CCCCn2cnc(COCCCc3cccc4c3C(=O)N(C3CCC(=O)NC3=O)C4=O)c2)nc2[nH]c3cc(-c4c(C)noc4C)c(C)cc3c12. The molecule has 10 rings (SSSR count). The molecule has 18 heteroatoms. The zero-order chi connectivity index (χ0) is 46.5. The van der Waals surface area contributed by atoms with E-state index >= 15 is 0 Å². The molecule has 0 radical (unpaired) electrons. The van der Waals surface area contributed by atoms with Crippen molar-refractivity contribution in [1.29, 1.82) is 0 Å². The van der Waals surface area contributed by atoms with E-state index in [0.717, 1.165) is 85.8 Å². The number of Topliss-reactive ketones (excluding diaryl/α,β-unsaturated/α-hetero) is 1. The molecule has 7 heterocycles. The molecule has 2 aromatic carbocycles. The number of piperidine rings is 1. The van der Waals surface area contributed by atoms with Gasteiger partial charge in [-0.1, -0.05) is 17.3 Å². The Bertz CT molecular complexity index is 3120. The van der Waals surface area contributed by atoms with E-state index in [2.05, 4.69) is 57.8 Å². The quantitative estimate of drug-likeness (QED) is 0.0436. The summed E-state index contributed by atoms with van der Waals surface area (Å²) in [6.45, 7) is 10.0. The van der Waals surface area contributed by atoms with Gasteiger partial charge in [-0.05, 0) is 108 Å². The van der Waals surface area contributed by atoms with Gasteiger partial charge in [-0.15, -0.1) is 0 Å². The van der Waals surface area contributed by atoms with Crippen molar-refractivity contribution >= 4 is 63.0 Å². The van der Waals surface area contributed by atoms with Crippen LogP contribution in [0.5, 0.6) is 0 Å². The molecular formula is C49H51N11O7. The molecule has 1 unspecified atom stereocenters. The number of carbonyl (C=O) groups excluding carboxylic acids is 5. The Morgan fingerprint density at radius 3 is 2.60 bits per heavy atom. The van der Waals surface area contributed by atoms with Crippen molar-refractivity contribution in [3.63, 3.8) is 0 Å². The Morgan fingerprint density at radius 2 is 1.82 bits per heavy atom. The number of hydrogen-bond acceptors (Lipinski definition) is 13. The highest BCUT2D eigenvalue weighted by Crippen LogP contribution is 2.42. The van der Waals surface area contributed by atoms with Gasteiger partial charge in [0.15, 0.2) is 11.6 Å². The van der Waals surface area contributed by atoms with Gasteiger partial charge in [0.25, 0.3) is 11.8 Å². The molecule has 2 aliphatic heterocycles. The van der Waals surface area contributed by atoms with E-state index in [9.17, 15) is 24.0 Å². The maximum Gasteiger partial charge on any atom is 0.262 e. The van der Waals surface area contributed by atoms with E-state index in [4.69, 9.17) is 24.3 Å². The monoisotopic (exact) mass is 905 g/mol. The number of aromatic amines is 1. The summed E-state index contributed by atoms with van der Waals surface area (Å²) in [5.41, 5.74) is 8.37. The van der Waals surface area contributed by atoms with E-state index in [1.165, 1.54) is 0 Å². The number of hydrogen-bond donors (Lipinski definition) is 3. The number of fused-ring (bicyclic) bond motifs is 4. The topological polar surface area (TPSA) is 225 Å². The number of ketones is 1. The predicted octanol–water partition coefficient (Wildman–Crippen LogP) is 7.33. The average molecular weight is 906 g/mol. The van der Waals surface area contributed by atoms with E-state index in [1.807, 2.05) is 35.4 Å². The molecule has 5 aromatic heterocycles. The second kappa shape index (κ2) is 17.8. The Balaban J connectivity index is 0.758. The third kappa shape index (κ3) is 8.41. The van der Waals surface area contributed by atoms with Crippen molar-refractivity contribution in [3.8, 4) is 11.1 Å². The van der Waals surface area contributed by atoms with Gasteiger partial charge < -0.3 is 24.1 Å². The largest absolute Gasteiger partial charge is 0.375 e. The van der Waals surface area contributed by atoms with Crippen LogP contribution in [0, 0.1) is 20.8 Å². The highest BCUT2D eigenvalue weighted by molar-refractivity contribution is 6.24. The summed E-state index contributed by atoms with van der Waals surface area (Å²) in [6.07, 6.45) is 8.83. The number of carbonyl (C=O) groups is 5. The molecule has 344 valence electrons. The lowest BCUT2D eigenvalue weighted by atomic mass is 9.97. The summed E-state index contributed by atoms with van der Waals surface area (Å²) in [5, 5.41) is 16.6. The maximum absolute atomic E-state index is 13.8. The van der Waals surface area contributed by atoms with Crippen LogP contribution in [-0.2, 0) is 40.4 Å². The van der Waals surface area contributed by atoms with Crippen molar-refractivity contribution in [3.05, 3.63) is 99.8 Å². The summed E-state index contributed by atoms with van der Waals surface area (Å²) in [7, 11) is 0. The summed E-state index contributed by atoms with van der Waals surface area (Å²) in [5.74, 6) is 0.495. The number of imidazole rings is 1. The van der Waals surface area contributed by atoms with Crippen LogP contribution in [0.15, 0.2) is 53.4 Å². The van der Waals surface area contributed by atoms with E-state index in [0.29, 0.717) is 74.1 Å². The molecule has 3 aliphatic rings. The lowest BCUT2D eigenvalue weighted by Crippen LogP contribution is -2.54. The summed E-state index contributed by atoms with van der Waals surface area (Å²) < 4.78 is 15.4. The number of nitrogens with zero attached hydrogens (tertiary/aromatic N) is 8. The first-order valence-electron chi connectivity index (χ1n) is 23.0. The van der Waals surface area contributed by atoms with Crippen molar-refractivity contribution in [2.75, 3.05) is 11.9 Å². The number of rotatable bonds is 18. The molecule has 67 heavy (non-hydrogen) atoms. The first kappa shape index (κ1) is 43.5. The Labute approximate surface area is 384 Å². The molecule has 1 atom stereocenters. The van der Waals surface area contributed by atoms with Gasteiger partial charge in [0.2, 0.25) is 11.8 Å². The zero-order valence-corrected chi connectivity index (χ0v) is 37.9. The normalized spacial score (nSPS) is 16.2. The Hall–Kier alpha value is -7.34. The van der Waals surface area contributed by atoms with Gasteiger partial charge in [0.1, 0.15) is 29.1 Å². The Kier molecular flexibility index (Phi) is 11.6. The third-order valence-electron chi connectivity index (χ3n) is 13.0. The third-order valence-corrected chi connectivity index (χ3v) is 13.0. The average Bonchev–Trinajstić information content (AvgIpc) is 3.51. The lowest BCUT2D eigenvalue weighted by Gasteiger charge is -2.27. The van der Waals surface area contributed by atoms with Gasteiger partial charge in [0.05, 0.1) is 46.5 Å². The lowest BCUT2D eigenvalue weighted by molar-refractivity contribution is -0.136. The van der Waals surface area contributed by atoms with Crippen LogP contribution in [0.3, 0.4) is 0 Å². The van der Waals surface area contributed by atoms with Crippen molar-refractivity contribution in [2.45, 2.75) is 117 Å². The minimum Gasteiger partial charge on any atom is -0.375 e. The van der Waals surface area contributed by atoms with Crippen molar-refractivity contribution in [1.82, 2.24) is 49.7 Å². The molecule has 3 N–H and O–H groups in total. The molecule has 7 aromatic rings.